The molecule has 1 aromatic heterocycles. The van der Waals surface area contributed by atoms with Crippen LogP contribution in [0.5, 0.6) is 0 Å². The number of nitrogens with zero attached hydrogens (tertiary/aromatic N) is 3. The minimum atomic E-state index is -0.647. The summed E-state index contributed by atoms with van der Waals surface area (Å²) in [5, 5.41) is 7.39. The van der Waals surface area contributed by atoms with Crippen LogP contribution in [0.15, 0.2) is 22.6 Å². The molecule has 2 amide bonds. The Bertz CT molecular complexity index is 916. The van der Waals surface area contributed by atoms with Crippen molar-refractivity contribution >= 4 is 17.8 Å². The predicted molar refractivity (Wildman–Crippen MR) is 88.9 cm³/mol. The summed E-state index contributed by atoms with van der Waals surface area (Å²) >= 11 is 0. The maximum absolute atomic E-state index is 12.6. The molecule has 2 aliphatic heterocycles. The lowest BCUT2D eigenvalue weighted by atomic mass is 10.1. The van der Waals surface area contributed by atoms with Gasteiger partial charge in [-0.2, -0.15) is 0 Å². The van der Waals surface area contributed by atoms with Crippen LogP contribution in [0.3, 0.4) is 0 Å². The number of aryl methyl sites for hydroxylation is 1. The Balaban J connectivity index is 1.47. The van der Waals surface area contributed by atoms with Gasteiger partial charge in [-0.05, 0) is 31.0 Å². The maximum atomic E-state index is 12.6. The molecule has 1 fully saturated rings. The highest BCUT2D eigenvalue weighted by atomic mass is 16.5. The fraction of sp³-hybridized carbons (Fsp3) is 0.389. The lowest BCUT2D eigenvalue weighted by Gasteiger charge is -2.17. The Morgan fingerprint density at radius 1 is 1.26 bits per heavy atom. The monoisotopic (exact) mass is 371 g/mol. The summed E-state index contributed by atoms with van der Waals surface area (Å²) in [5.74, 6) is -0.893. The molecule has 1 atom stereocenters. The van der Waals surface area contributed by atoms with Gasteiger partial charge in [0, 0.05) is 13.5 Å². The number of aromatic nitrogens is 2. The number of hydrogen-bond donors (Lipinski definition) is 0. The third kappa shape index (κ3) is 3.33. The standard InChI is InChI=1S/C18H17N3O6/c1-10-19-20-15(27-10)9-26-18(24)11-4-5-13-14(7-11)17(23)21(16(13)22)8-12-3-2-6-25-12/h4-5,7,12H,2-3,6,8-9H2,1H3. The van der Waals surface area contributed by atoms with Crippen LogP contribution in [-0.4, -0.2) is 52.1 Å². The smallest absolute Gasteiger partial charge is 0.338 e. The van der Waals surface area contributed by atoms with Gasteiger partial charge < -0.3 is 13.9 Å². The SMILES string of the molecule is Cc1nnc(COC(=O)c2ccc3c(c2)C(=O)N(CC2CCCO2)C3=O)o1. The van der Waals surface area contributed by atoms with Crippen molar-refractivity contribution in [3.8, 4) is 0 Å². The van der Waals surface area contributed by atoms with Crippen molar-refractivity contribution in [3.05, 3.63) is 46.7 Å². The van der Waals surface area contributed by atoms with Crippen LogP contribution in [0, 0.1) is 6.92 Å². The lowest BCUT2D eigenvalue weighted by molar-refractivity contribution is 0.0436. The summed E-state index contributed by atoms with van der Waals surface area (Å²) in [6.07, 6.45) is 1.61. The van der Waals surface area contributed by atoms with Gasteiger partial charge in [0.1, 0.15) is 0 Å². The molecule has 0 saturated carbocycles. The molecule has 27 heavy (non-hydrogen) atoms. The van der Waals surface area contributed by atoms with Crippen LogP contribution in [-0.2, 0) is 16.1 Å². The fourth-order valence-electron chi connectivity index (χ4n) is 3.18. The van der Waals surface area contributed by atoms with Gasteiger partial charge in [-0.25, -0.2) is 4.79 Å². The summed E-state index contributed by atoms with van der Waals surface area (Å²) in [7, 11) is 0. The first-order valence-electron chi connectivity index (χ1n) is 8.61. The van der Waals surface area contributed by atoms with E-state index in [2.05, 4.69) is 10.2 Å². The molecule has 0 spiro atoms. The van der Waals surface area contributed by atoms with Crippen LogP contribution < -0.4 is 0 Å². The lowest BCUT2D eigenvalue weighted by Crippen LogP contribution is -2.36. The number of carbonyl (C=O) groups is 3. The Labute approximate surface area is 154 Å². The van der Waals surface area contributed by atoms with Gasteiger partial charge in [0.15, 0.2) is 6.61 Å². The topological polar surface area (TPSA) is 112 Å². The highest BCUT2D eigenvalue weighted by Gasteiger charge is 2.38. The number of carbonyl (C=O) groups excluding carboxylic acids is 3. The molecule has 1 aromatic carbocycles. The molecule has 0 N–H and O–H groups in total. The first kappa shape index (κ1) is 17.3. The van der Waals surface area contributed by atoms with Crippen molar-refractivity contribution in [2.75, 3.05) is 13.2 Å². The van der Waals surface area contributed by atoms with Crippen molar-refractivity contribution in [1.29, 1.82) is 0 Å². The molecule has 3 heterocycles. The van der Waals surface area contributed by atoms with E-state index in [1.807, 2.05) is 0 Å². The second-order valence-electron chi connectivity index (χ2n) is 6.41. The fourth-order valence-corrected chi connectivity index (χ4v) is 3.18. The third-order valence-corrected chi connectivity index (χ3v) is 4.51. The summed E-state index contributed by atoms with van der Waals surface area (Å²) in [6.45, 7) is 2.32. The molecule has 4 rings (SSSR count). The zero-order valence-electron chi connectivity index (χ0n) is 14.6. The van der Waals surface area contributed by atoms with Crippen LogP contribution in [0.4, 0.5) is 0 Å². The summed E-state index contributed by atoms with van der Waals surface area (Å²) < 4.78 is 15.8. The first-order chi connectivity index (χ1) is 13.0. The molecular formula is C18H17N3O6. The minimum Gasteiger partial charge on any atom is -0.452 e. The quantitative estimate of drug-likeness (QED) is 0.574. The summed E-state index contributed by atoms with van der Waals surface area (Å²) in [4.78, 5) is 38.5. The second kappa shape index (κ2) is 6.92. The minimum absolute atomic E-state index is 0.130. The van der Waals surface area contributed by atoms with Crippen molar-refractivity contribution in [1.82, 2.24) is 15.1 Å². The van der Waals surface area contributed by atoms with Gasteiger partial charge in [-0.15, -0.1) is 10.2 Å². The van der Waals surface area contributed by atoms with Gasteiger partial charge in [0.25, 0.3) is 17.7 Å². The van der Waals surface area contributed by atoms with Crippen LogP contribution in [0.2, 0.25) is 0 Å². The second-order valence-corrected chi connectivity index (χ2v) is 6.41. The number of imide groups is 1. The Morgan fingerprint density at radius 2 is 2.07 bits per heavy atom. The molecule has 140 valence electrons. The number of hydrogen-bond acceptors (Lipinski definition) is 8. The van der Waals surface area contributed by atoms with E-state index >= 15 is 0 Å². The highest BCUT2D eigenvalue weighted by molar-refractivity contribution is 6.22. The van der Waals surface area contributed by atoms with Crippen LogP contribution in [0.1, 0.15) is 55.7 Å². The molecule has 1 unspecified atom stereocenters. The Kier molecular flexibility index (Phi) is 4.44. The number of rotatable bonds is 5. The Morgan fingerprint density at radius 3 is 2.78 bits per heavy atom. The van der Waals surface area contributed by atoms with E-state index < -0.39 is 11.9 Å². The van der Waals surface area contributed by atoms with Gasteiger partial charge in [0.2, 0.25) is 5.89 Å². The zero-order valence-corrected chi connectivity index (χ0v) is 14.6. The van der Waals surface area contributed by atoms with Crippen molar-refractivity contribution in [2.24, 2.45) is 0 Å². The molecule has 9 heteroatoms. The van der Waals surface area contributed by atoms with Crippen molar-refractivity contribution < 1.29 is 28.3 Å². The zero-order chi connectivity index (χ0) is 19.0. The largest absolute Gasteiger partial charge is 0.452 e. The highest BCUT2D eigenvalue weighted by Crippen LogP contribution is 2.26. The molecular weight excluding hydrogens is 354 g/mol. The van der Waals surface area contributed by atoms with Gasteiger partial charge >= 0.3 is 5.97 Å². The number of benzene rings is 1. The van der Waals surface area contributed by atoms with Gasteiger partial charge in [-0.1, -0.05) is 0 Å². The average molecular weight is 371 g/mol. The summed E-state index contributed by atoms with van der Waals surface area (Å²) in [6, 6.07) is 4.31. The van der Waals surface area contributed by atoms with Crippen LogP contribution in [0.25, 0.3) is 0 Å². The van der Waals surface area contributed by atoms with Crippen molar-refractivity contribution in [2.45, 2.75) is 32.5 Å². The summed E-state index contributed by atoms with van der Waals surface area (Å²) in [5.41, 5.74) is 0.647. The molecule has 9 nitrogen and oxygen atoms in total. The van der Waals surface area contributed by atoms with E-state index in [9.17, 15) is 14.4 Å². The molecule has 0 aliphatic carbocycles. The van der Waals surface area contributed by atoms with Gasteiger partial charge in [0.05, 0.1) is 29.3 Å². The predicted octanol–water partition coefficient (Wildman–Crippen LogP) is 1.51. The van der Waals surface area contributed by atoms with E-state index in [-0.39, 0.29) is 47.7 Å². The number of amides is 2. The van der Waals surface area contributed by atoms with Crippen LogP contribution >= 0.6 is 0 Å². The molecule has 0 radical (unpaired) electrons. The first-order valence-corrected chi connectivity index (χ1v) is 8.61. The number of fused-ring (bicyclic) bond motifs is 1. The van der Waals surface area contributed by atoms with E-state index in [1.165, 1.54) is 23.1 Å². The number of ether oxygens (including phenoxy) is 2. The average Bonchev–Trinajstić information content (AvgIpc) is 3.38. The maximum Gasteiger partial charge on any atom is 0.338 e. The third-order valence-electron chi connectivity index (χ3n) is 4.51. The van der Waals surface area contributed by atoms with Gasteiger partial charge in [-0.3, -0.25) is 14.5 Å². The van der Waals surface area contributed by atoms with Crippen molar-refractivity contribution in [3.63, 3.8) is 0 Å². The van der Waals surface area contributed by atoms with E-state index in [0.29, 0.717) is 12.5 Å². The molecule has 1 saturated heterocycles. The van der Waals surface area contributed by atoms with E-state index in [4.69, 9.17) is 13.9 Å². The number of esters is 1. The molecule has 0 bridgehead atoms. The molecule has 2 aromatic rings. The molecule has 2 aliphatic rings. The Hall–Kier alpha value is -3.07. The van der Waals surface area contributed by atoms with E-state index in [1.54, 1.807) is 6.92 Å². The van der Waals surface area contributed by atoms with E-state index in [0.717, 1.165) is 12.8 Å². The normalized spacial score (nSPS) is 18.9.